The molecular formula is C80H121BIN10O19. The van der Waals surface area contributed by atoms with Crippen LogP contribution in [0.15, 0.2) is 72.8 Å². The van der Waals surface area contributed by atoms with Crippen LogP contribution >= 0.6 is 22.6 Å². The van der Waals surface area contributed by atoms with Crippen molar-refractivity contribution in [2.45, 2.75) is 195 Å². The Morgan fingerprint density at radius 3 is 1.54 bits per heavy atom. The largest absolute Gasteiger partial charge is 0.569 e. The lowest BCUT2D eigenvalue weighted by Crippen LogP contribution is -2.62. The molecule has 2 heterocycles. The number of hydroxylamine groups is 4. The molecule has 18 atom stereocenters. The van der Waals surface area contributed by atoms with E-state index in [4.69, 9.17) is 35.0 Å². The van der Waals surface area contributed by atoms with E-state index in [0.717, 1.165) is 71.2 Å². The van der Waals surface area contributed by atoms with E-state index in [1.54, 1.807) is 44.2 Å². The van der Waals surface area contributed by atoms with Gasteiger partial charge in [0.25, 0.3) is 17.3 Å². The molecule has 12 rings (SSSR count). The number of carboxylic acids is 1. The lowest BCUT2D eigenvalue weighted by atomic mass is 9.45. The van der Waals surface area contributed by atoms with Gasteiger partial charge in [-0.3, -0.25) is 44.3 Å². The Hall–Kier alpha value is -6.73. The molecule has 2 aliphatic heterocycles. The van der Waals surface area contributed by atoms with Crippen LogP contribution in [0.25, 0.3) is 11.1 Å². The molecule has 4 aromatic rings. The number of hydrogen-bond acceptors (Lipinski definition) is 23. The van der Waals surface area contributed by atoms with Crippen LogP contribution in [0.4, 0.5) is 11.4 Å². The van der Waals surface area contributed by atoms with Crippen molar-refractivity contribution in [1.82, 2.24) is 35.9 Å². The zero-order chi connectivity index (χ0) is 82.6. The zero-order valence-electron chi connectivity index (χ0n) is 67.7. The van der Waals surface area contributed by atoms with Gasteiger partial charge in [0.15, 0.2) is 0 Å². The molecule has 4 aromatic carbocycles. The maximum Gasteiger partial charge on any atom is 0.569 e. The van der Waals surface area contributed by atoms with Crippen LogP contribution < -0.4 is 35.8 Å². The van der Waals surface area contributed by atoms with Crippen molar-refractivity contribution >= 4 is 65.3 Å². The number of nitro benzene ring substituents is 2. The van der Waals surface area contributed by atoms with Crippen LogP contribution in [0.1, 0.15) is 153 Å². The number of methoxy groups -OCH3 is 2. The predicted molar refractivity (Wildman–Crippen MR) is 430 cm³/mol. The van der Waals surface area contributed by atoms with Crippen LogP contribution in [0.5, 0.6) is 17.2 Å². The van der Waals surface area contributed by atoms with E-state index in [2.05, 4.69) is 131 Å². The number of nitrogens with zero attached hydrogens (tertiary/aromatic N) is 6. The predicted octanol–water partition coefficient (Wildman–Crippen LogP) is 8.72. The molecular weight excluding hydrogens is 1540 g/mol. The first-order valence-corrected chi connectivity index (χ1v) is 39.5. The number of carbonyl (C=O) groups is 4. The molecule has 29 nitrogen and oxygen atoms in total. The topological polar surface area (TPSA) is 397 Å². The first-order valence-electron chi connectivity index (χ1n) is 38.5. The van der Waals surface area contributed by atoms with Gasteiger partial charge in [-0.05, 0) is 185 Å². The quantitative estimate of drug-likeness (QED) is 0.0101. The molecule has 0 spiro atoms. The number of aliphatic hydroxyl groups excluding tert-OH is 4. The molecule has 2 saturated heterocycles. The Balaban J connectivity index is 0.000000247. The Morgan fingerprint density at radius 2 is 1.14 bits per heavy atom. The van der Waals surface area contributed by atoms with E-state index in [1.807, 2.05) is 43.3 Å². The Morgan fingerprint density at radius 1 is 0.676 bits per heavy atom. The standard InChI is InChI=1S/C40H59N5O8.C25H37IN2O5.C8H20N2.C7H5BNO6/c1-22(2)13-29(20-43(7)8)41-38(48)27-14-26(15-30(16-27)45(50)51)31-12-10-11-25(37(31)52-9)19-44-36(35(24(4)47)34(21-46)53-44)39(49)42-33-18-28-17-32(23(33)3)40(28,5)6;1-13-17-9-16(25(17,3)4)10-19(13)27-24(31)22-21(14(2)30)20(12-29)33-28(22)11-15-7-6-8-18(26)23(15)32-5;1-7(2)5-8(9)6-10(3)4;10-7(11)4-1-5(9(13)14)3-6(2-4)15-8-12/h10-12,14-16,22-24,28-29,32-36,46-47H,13,17-21H2,1-9H3,(H,41,48)(H,42,49);6-8,13-14,16-17,19-22,29-30H,9-12H2,1-5H3,(H,27,31);7-8H,5-6,9H2,1-4H3;1-3,12H,(H,10,11)/t23-,24-,28+,29-,32-,33-,34-,35+,36-;13-,14-,16+,17-,19-,20-,21+,22-;8-;/m000./s1. The molecule has 8 aliphatic rings. The minimum Gasteiger partial charge on any atom is -0.537 e. The van der Waals surface area contributed by atoms with E-state index < -0.39 is 82.4 Å². The van der Waals surface area contributed by atoms with Crippen molar-refractivity contribution in [2.24, 2.45) is 75.7 Å². The van der Waals surface area contributed by atoms with E-state index in [1.165, 1.54) is 37.1 Å². The van der Waals surface area contributed by atoms with Gasteiger partial charge in [-0.2, -0.15) is 10.1 Å². The van der Waals surface area contributed by atoms with E-state index in [-0.39, 0.29) is 71.1 Å². The fourth-order valence-corrected chi connectivity index (χ4v) is 18.7. The number of nitrogens with one attached hydrogen (secondary N) is 3. The summed E-state index contributed by atoms with van der Waals surface area (Å²) in [5.41, 5.74) is 8.05. The van der Waals surface area contributed by atoms with E-state index >= 15 is 0 Å². The number of carbonyl (C=O) groups excluding carboxylic acids is 3. The van der Waals surface area contributed by atoms with Crippen LogP contribution in [0.3, 0.4) is 0 Å². The molecule has 11 N–H and O–H groups in total. The van der Waals surface area contributed by atoms with Gasteiger partial charge in [0.1, 0.15) is 41.5 Å². The van der Waals surface area contributed by atoms with Crippen molar-refractivity contribution in [3.8, 4) is 28.4 Å². The summed E-state index contributed by atoms with van der Waals surface area (Å²) in [7, 11) is 11.4. The monoisotopic (exact) mass is 1660 g/mol. The van der Waals surface area contributed by atoms with Crippen molar-refractivity contribution < 1.29 is 83.4 Å². The molecule has 6 saturated carbocycles. The first-order chi connectivity index (χ1) is 52.1. The summed E-state index contributed by atoms with van der Waals surface area (Å²) >= 11 is 2.22. The normalized spacial score (nSPS) is 26.5. The zero-order valence-corrected chi connectivity index (χ0v) is 69.8. The van der Waals surface area contributed by atoms with E-state index in [9.17, 15) is 59.8 Å². The van der Waals surface area contributed by atoms with Gasteiger partial charge >= 0.3 is 13.7 Å². The summed E-state index contributed by atoms with van der Waals surface area (Å²) in [4.78, 5) is 89.7. The fraction of sp³-hybridized carbons (Fsp3) is 0.650. The summed E-state index contributed by atoms with van der Waals surface area (Å²) in [6.45, 7) is 26.9. The second-order valence-corrected chi connectivity index (χ2v) is 34.8. The molecule has 3 amide bonds. The van der Waals surface area contributed by atoms with Gasteiger partial charge in [-0.15, -0.1) is 0 Å². The van der Waals surface area contributed by atoms with Gasteiger partial charge in [-0.1, -0.05) is 99.6 Å². The lowest BCUT2D eigenvalue weighted by Gasteiger charge is -2.62. The minimum atomic E-state index is -1.32. The summed E-state index contributed by atoms with van der Waals surface area (Å²) in [6.07, 6.45) is 2.92. The molecule has 111 heavy (non-hydrogen) atoms. The highest BCUT2D eigenvalue weighted by molar-refractivity contribution is 14.1. The first kappa shape index (κ1) is 91.5. The summed E-state index contributed by atoms with van der Waals surface area (Å²) in [5.74, 6) is 1.68. The van der Waals surface area contributed by atoms with Crippen molar-refractivity contribution in [1.29, 1.82) is 0 Å². The molecule has 4 bridgehead atoms. The van der Waals surface area contributed by atoms with Gasteiger partial charge in [0.2, 0.25) is 11.8 Å². The van der Waals surface area contributed by atoms with Crippen LogP contribution in [-0.4, -0.2) is 221 Å². The van der Waals surface area contributed by atoms with Crippen molar-refractivity contribution in [3.63, 3.8) is 0 Å². The van der Waals surface area contributed by atoms with E-state index in [0.29, 0.717) is 96.1 Å². The number of aliphatic hydroxyl groups is 4. The highest BCUT2D eigenvalue weighted by Crippen LogP contribution is 2.62. The number of carboxylic acid groups (broad SMARTS) is 1. The molecule has 31 heteroatoms. The lowest BCUT2D eigenvalue weighted by molar-refractivity contribution is -0.385. The minimum absolute atomic E-state index is 0.00869. The number of para-hydroxylation sites is 2. The maximum absolute atomic E-state index is 14.2. The number of nitrogens with two attached hydrogens (primary N) is 1. The number of benzene rings is 4. The Bertz CT molecular complexity index is 3760. The number of non-ortho nitro benzene ring substituents is 2. The fourth-order valence-electron chi connectivity index (χ4n) is 17.9. The maximum atomic E-state index is 14.2. The highest BCUT2D eigenvalue weighted by atomic mass is 127. The van der Waals surface area contributed by atoms with Gasteiger partial charge < -0.3 is 76.2 Å². The van der Waals surface area contributed by atoms with Gasteiger partial charge in [-0.25, -0.2) is 4.79 Å². The summed E-state index contributed by atoms with van der Waals surface area (Å²) in [6, 6.07) is 17.1. The van der Waals surface area contributed by atoms with Crippen LogP contribution in [-0.2, 0) is 32.4 Å². The molecule has 8 fully saturated rings. The number of halogens is 1. The third-order valence-corrected chi connectivity index (χ3v) is 24.5. The average Bonchev–Trinajstić information content (AvgIpc) is 1.16. The number of hydrogen-bond donors (Lipinski definition) is 10. The molecule has 0 aromatic heterocycles. The second-order valence-electron chi connectivity index (χ2n) is 33.6. The van der Waals surface area contributed by atoms with Crippen molar-refractivity contribution in [3.05, 3.63) is 119 Å². The van der Waals surface area contributed by atoms with Crippen LogP contribution in [0, 0.1) is 93.8 Å². The number of fused-ring (bicyclic) bond motifs is 4. The third-order valence-electron chi connectivity index (χ3n) is 23.6. The summed E-state index contributed by atoms with van der Waals surface area (Å²) in [5, 5.41) is 94.0. The smallest absolute Gasteiger partial charge is 0.537 e. The van der Waals surface area contributed by atoms with Gasteiger partial charge in [0, 0.05) is 89.5 Å². The third kappa shape index (κ3) is 22.6. The highest BCUT2D eigenvalue weighted by Gasteiger charge is 2.59. The second kappa shape index (κ2) is 40.0. The number of amides is 3. The number of ether oxygens (including phenoxy) is 2. The van der Waals surface area contributed by atoms with Gasteiger partial charge in [0.05, 0.1) is 77.8 Å². The number of nitro groups is 2. The Kier molecular flexibility index (Phi) is 33.0. The SMILES string of the molecule is CC(C)C[C@H](N)CN(C)C.COc1c(CN2O[C@@H](CO)[C@@H]([C@H](C)O)[C@H]2C(=O)N[C@H]2C[C@H]3C[C@@H]([C@@H]2C)C3(C)C)cccc1-c1cc(C(=O)N[C@@H](CC(C)C)CN(C)C)cc([N+](=O)[O-])c1.COc1c(I)cccc1CN1O[C@@H](CO)[C@@H]([C@H](C)O)[C@H]1C(=O)N[C@H]1C[C@H]2C[C@@H]([C@@H]1C)C2(C)C.O=C(O)c1cc(O[B]O)cc([N+](=O)[O-])c1. The molecule has 6 aliphatic carbocycles. The molecule has 615 valence electrons. The molecule has 0 unspecified atom stereocenters. The van der Waals surface area contributed by atoms with Crippen LogP contribution in [0.2, 0.25) is 0 Å². The average molecular weight is 1660 g/mol. The number of aromatic carboxylic acids is 1. The van der Waals surface area contributed by atoms with Crippen molar-refractivity contribution in [2.75, 3.05) is 68.7 Å². The summed E-state index contributed by atoms with van der Waals surface area (Å²) < 4.78 is 16.9. The number of likely N-dealkylation sites (N-methyl/N-ethyl adjacent to an activating group) is 2. The molecule has 1 radical (unpaired) electrons. The number of rotatable bonds is 30. The Labute approximate surface area is 668 Å².